The number of nitrogens with zero attached hydrogens (tertiary/aromatic N) is 2. The van der Waals surface area contributed by atoms with E-state index in [1.807, 2.05) is 11.8 Å². The number of halogens is 1. The van der Waals surface area contributed by atoms with E-state index in [9.17, 15) is 14.0 Å². The van der Waals surface area contributed by atoms with Gasteiger partial charge in [-0.05, 0) is 56.2 Å². The summed E-state index contributed by atoms with van der Waals surface area (Å²) in [5.74, 6) is 0.0280. The van der Waals surface area contributed by atoms with Crippen molar-refractivity contribution in [3.63, 3.8) is 0 Å². The molecule has 1 amide bonds. The molecule has 1 aliphatic heterocycles. The van der Waals surface area contributed by atoms with Gasteiger partial charge in [-0.2, -0.15) is 0 Å². The molecule has 172 valence electrons. The summed E-state index contributed by atoms with van der Waals surface area (Å²) in [6.07, 6.45) is 0.213. The summed E-state index contributed by atoms with van der Waals surface area (Å²) < 4.78 is 23.8. The summed E-state index contributed by atoms with van der Waals surface area (Å²) >= 11 is 0. The zero-order valence-electron chi connectivity index (χ0n) is 18.9. The van der Waals surface area contributed by atoms with Gasteiger partial charge >= 0.3 is 5.97 Å². The highest BCUT2D eigenvalue weighted by Gasteiger charge is 2.32. The van der Waals surface area contributed by atoms with E-state index in [1.54, 1.807) is 43.3 Å². The van der Waals surface area contributed by atoms with E-state index in [4.69, 9.17) is 9.47 Å². The summed E-state index contributed by atoms with van der Waals surface area (Å²) in [5, 5.41) is 0. The third kappa shape index (κ3) is 6.53. The minimum atomic E-state index is -0.266. The minimum absolute atomic E-state index is 0.0355. The number of carbonyl (C=O) groups excluding carboxylic acids is 2. The molecule has 7 heteroatoms. The Morgan fingerprint density at radius 2 is 1.62 bits per heavy atom. The number of rotatable bonds is 8. The highest BCUT2D eigenvalue weighted by atomic mass is 19.1. The van der Waals surface area contributed by atoms with Crippen LogP contribution in [0, 0.1) is 5.82 Å². The standard InChI is InChI=1S/C25H31FN2O4/c1-4-31-25(30)13-20-7-11-23(12-8-20)32-17-24(29)28-15-18(2)27(14-19(28)3)16-21-5-9-22(26)10-6-21/h5-12,18-19H,4,13-17H2,1-3H3/t18-,19+/m0/s1. The smallest absolute Gasteiger partial charge is 0.310 e. The van der Waals surface area contributed by atoms with Gasteiger partial charge in [0, 0.05) is 31.7 Å². The lowest BCUT2D eigenvalue weighted by atomic mass is 10.1. The van der Waals surface area contributed by atoms with E-state index in [-0.39, 0.29) is 42.8 Å². The molecule has 2 atom stereocenters. The van der Waals surface area contributed by atoms with Crippen LogP contribution in [0.2, 0.25) is 0 Å². The molecule has 2 aromatic rings. The molecule has 1 heterocycles. The lowest BCUT2D eigenvalue weighted by molar-refractivity contribution is -0.142. The number of carbonyl (C=O) groups is 2. The van der Waals surface area contributed by atoms with Crippen LogP contribution in [0.4, 0.5) is 4.39 Å². The van der Waals surface area contributed by atoms with Crippen molar-refractivity contribution in [1.29, 1.82) is 0 Å². The van der Waals surface area contributed by atoms with Crippen molar-refractivity contribution in [3.8, 4) is 5.75 Å². The van der Waals surface area contributed by atoms with Crippen LogP contribution in [0.1, 0.15) is 31.9 Å². The van der Waals surface area contributed by atoms with E-state index < -0.39 is 0 Å². The number of esters is 1. The van der Waals surface area contributed by atoms with Gasteiger partial charge in [-0.15, -0.1) is 0 Å². The van der Waals surface area contributed by atoms with Gasteiger partial charge in [0.05, 0.1) is 13.0 Å². The number of hydrogen-bond donors (Lipinski definition) is 0. The molecule has 3 rings (SSSR count). The lowest BCUT2D eigenvalue weighted by Crippen LogP contribution is -2.58. The molecule has 0 N–H and O–H groups in total. The number of ether oxygens (including phenoxy) is 2. The minimum Gasteiger partial charge on any atom is -0.484 e. The third-order valence-corrected chi connectivity index (χ3v) is 5.67. The average molecular weight is 443 g/mol. The maximum atomic E-state index is 13.1. The van der Waals surface area contributed by atoms with Crippen molar-refractivity contribution in [2.45, 2.75) is 45.8 Å². The Morgan fingerprint density at radius 1 is 0.969 bits per heavy atom. The first-order chi connectivity index (χ1) is 15.4. The fourth-order valence-corrected chi connectivity index (χ4v) is 3.90. The Balaban J connectivity index is 1.49. The number of benzene rings is 2. The van der Waals surface area contributed by atoms with E-state index >= 15 is 0 Å². The van der Waals surface area contributed by atoms with Crippen LogP contribution >= 0.6 is 0 Å². The zero-order valence-corrected chi connectivity index (χ0v) is 18.9. The summed E-state index contributed by atoms with van der Waals surface area (Å²) in [6.45, 7) is 8.31. The molecule has 0 saturated carbocycles. The van der Waals surface area contributed by atoms with E-state index in [0.29, 0.717) is 18.9 Å². The maximum absolute atomic E-state index is 13.1. The van der Waals surface area contributed by atoms with Gasteiger partial charge in [0.15, 0.2) is 6.61 Å². The molecule has 0 unspecified atom stereocenters. The van der Waals surface area contributed by atoms with E-state index in [2.05, 4.69) is 11.8 Å². The van der Waals surface area contributed by atoms with Crippen LogP contribution in [0.5, 0.6) is 5.75 Å². The molecule has 0 spiro atoms. The largest absolute Gasteiger partial charge is 0.484 e. The monoisotopic (exact) mass is 442 g/mol. The molecule has 1 fully saturated rings. The summed E-state index contributed by atoms with van der Waals surface area (Å²) in [5.41, 5.74) is 1.89. The highest BCUT2D eigenvalue weighted by Crippen LogP contribution is 2.19. The Morgan fingerprint density at radius 3 is 2.28 bits per heavy atom. The second-order valence-corrected chi connectivity index (χ2v) is 8.21. The molecule has 2 aromatic carbocycles. The molecule has 1 aliphatic rings. The van der Waals surface area contributed by atoms with Crippen LogP contribution in [0.3, 0.4) is 0 Å². The van der Waals surface area contributed by atoms with Crippen molar-refractivity contribution >= 4 is 11.9 Å². The van der Waals surface area contributed by atoms with Gasteiger partial charge in [0.1, 0.15) is 11.6 Å². The van der Waals surface area contributed by atoms with E-state index in [1.165, 1.54) is 12.1 Å². The fraction of sp³-hybridized carbons (Fsp3) is 0.440. The van der Waals surface area contributed by atoms with Gasteiger partial charge < -0.3 is 14.4 Å². The second kappa shape index (κ2) is 11.1. The summed E-state index contributed by atoms with van der Waals surface area (Å²) in [6, 6.07) is 13.9. The first kappa shape index (κ1) is 23.7. The third-order valence-electron chi connectivity index (χ3n) is 5.67. The topological polar surface area (TPSA) is 59.1 Å². The number of piperazine rings is 1. The van der Waals surface area contributed by atoms with Gasteiger partial charge in [0.25, 0.3) is 5.91 Å². The van der Waals surface area contributed by atoms with Gasteiger partial charge in [-0.25, -0.2) is 4.39 Å². The molecule has 0 aliphatic carbocycles. The second-order valence-electron chi connectivity index (χ2n) is 8.21. The normalized spacial score (nSPS) is 18.9. The Kier molecular flexibility index (Phi) is 8.22. The maximum Gasteiger partial charge on any atom is 0.310 e. The molecule has 0 bridgehead atoms. The molecular formula is C25H31FN2O4. The molecule has 0 radical (unpaired) electrons. The molecule has 32 heavy (non-hydrogen) atoms. The first-order valence-corrected chi connectivity index (χ1v) is 11.0. The molecule has 6 nitrogen and oxygen atoms in total. The van der Waals surface area contributed by atoms with Crippen molar-refractivity contribution in [2.75, 3.05) is 26.3 Å². The van der Waals surface area contributed by atoms with Crippen LogP contribution in [-0.2, 0) is 27.3 Å². The van der Waals surface area contributed by atoms with Crippen LogP contribution in [0.15, 0.2) is 48.5 Å². The number of hydrogen-bond acceptors (Lipinski definition) is 5. The van der Waals surface area contributed by atoms with Crippen molar-refractivity contribution in [3.05, 3.63) is 65.5 Å². The predicted molar refractivity (Wildman–Crippen MR) is 120 cm³/mol. The van der Waals surface area contributed by atoms with Gasteiger partial charge in [-0.3, -0.25) is 14.5 Å². The van der Waals surface area contributed by atoms with Crippen molar-refractivity contribution < 1.29 is 23.5 Å². The molecular weight excluding hydrogens is 411 g/mol. The van der Waals surface area contributed by atoms with Crippen molar-refractivity contribution in [2.24, 2.45) is 0 Å². The zero-order chi connectivity index (χ0) is 23.1. The fourth-order valence-electron chi connectivity index (χ4n) is 3.90. The summed E-state index contributed by atoms with van der Waals surface area (Å²) in [4.78, 5) is 28.5. The quantitative estimate of drug-likeness (QED) is 0.587. The molecule has 1 saturated heterocycles. The van der Waals surface area contributed by atoms with Crippen molar-refractivity contribution in [1.82, 2.24) is 9.80 Å². The lowest BCUT2D eigenvalue weighted by Gasteiger charge is -2.44. The Bertz CT molecular complexity index is 901. The summed E-state index contributed by atoms with van der Waals surface area (Å²) in [7, 11) is 0. The first-order valence-electron chi connectivity index (χ1n) is 11.0. The Labute approximate surface area is 188 Å². The average Bonchev–Trinajstić information content (AvgIpc) is 2.77. The Hall–Kier alpha value is -2.93. The van der Waals surface area contributed by atoms with E-state index in [0.717, 1.165) is 24.2 Å². The molecule has 0 aromatic heterocycles. The van der Waals surface area contributed by atoms with Gasteiger partial charge in [0.2, 0.25) is 0 Å². The van der Waals surface area contributed by atoms with Gasteiger partial charge in [-0.1, -0.05) is 24.3 Å². The number of amides is 1. The predicted octanol–water partition coefficient (Wildman–Crippen LogP) is 3.43. The highest BCUT2D eigenvalue weighted by molar-refractivity contribution is 5.78. The SMILES string of the molecule is CCOC(=O)Cc1ccc(OCC(=O)N2C[C@H](C)N(Cc3ccc(F)cc3)C[C@H]2C)cc1. The van der Waals surface area contributed by atoms with Crippen LogP contribution < -0.4 is 4.74 Å². The van der Waals surface area contributed by atoms with Crippen LogP contribution in [-0.4, -0.2) is 60.1 Å². The van der Waals surface area contributed by atoms with Crippen LogP contribution in [0.25, 0.3) is 0 Å².